The van der Waals surface area contributed by atoms with E-state index in [-0.39, 0.29) is 11.7 Å². The van der Waals surface area contributed by atoms with E-state index in [1.807, 2.05) is 61.8 Å². The molecule has 0 saturated heterocycles. The highest BCUT2D eigenvalue weighted by atomic mass is 35.5. The van der Waals surface area contributed by atoms with E-state index in [4.69, 9.17) is 17.3 Å². The summed E-state index contributed by atoms with van der Waals surface area (Å²) in [5, 5.41) is 1.46. The summed E-state index contributed by atoms with van der Waals surface area (Å²) in [6.45, 7) is 6.16. The lowest BCUT2D eigenvalue weighted by Crippen LogP contribution is -2.11. The maximum Gasteiger partial charge on any atom is 0.248 e. The first-order valence-electron chi connectivity index (χ1n) is 9.21. The smallest absolute Gasteiger partial charge is 0.248 e. The van der Waals surface area contributed by atoms with Gasteiger partial charge in [0.2, 0.25) is 5.91 Å². The zero-order valence-electron chi connectivity index (χ0n) is 16.2. The molecule has 0 fully saturated rings. The summed E-state index contributed by atoms with van der Waals surface area (Å²) >= 11 is 6.38. The molecule has 0 aliphatic rings. The number of aromatic nitrogens is 1. The minimum absolute atomic E-state index is 0.0582. The number of hydrogen-bond donors (Lipinski definition) is 1. The number of fused-ring (bicyclic) bond motifs is 1. The number of rotatable bonds is 6. The molecule has 0 unspecified atom stereocenters. The highest BCUT2D eigenvalue weighted by Crippen LogP contribution is 2.32. The number of halogens is 1. The molecular weight excluding hydrogens is 372 g/mol. The number of carbonyl (C=O) groups is 2. The number of Topliss-reactive ketones (excluding diaryl/α,β-unsaturated/α-hetero) is 1. The second-order valence-corrected chi connectivity index (χ2v) is 7.46. The minimum Gasteiger partial charge on any atom is -0.366 e. The van der Waals surface area contributed by atoms with Crippen LogP contribution >= 0.6 is 11.6 Å². The quantitative estimate of drug-likeness (QED) is 0.575. The maximum absolute atomic E-state index is 13.0. The lowest BCUT2D eigenvalue weighted by molar-refractivity contribution is 0.0940. The van der Waals surface area contributed by atoms with Crippen LogP contribution in [0.25, 0.3) is 17.0 Å². The normalized spacial score (nSPS) is 11.6. The molecule has 1 heterocycles. The molecule has 0 radical (unpaired) electrons. The van der Waals surface area contributed by atoms with Crippen molar-refractivity contribution in [3.8, 4) is 0 Å². The molecule has 28 heavy (non-hydrogen) atoms. The highest BCUT2D eigenvalue weighted by molar-refractivity contribution is 6.31. The summed E-state index contributed by atoms with van der Waals surface area (Å²) in [7, 11) is 0. The van der Waals surface area contributed by atoms with E-state index < -0.39 is 5.91 Å². The molecule has 4 nitrogen and oxygen atoms in total. The van der Waals surface area contributed by atoms with Crippen LogP contribution < -0.4 is 5.73 Å². The monoisotopic (exact) mass is 394 g/mol. The van der Waals surface area contributed by atoms with Gasteiger partial charge in [0, 0.05) is 28.4 Å². The third kappa shape index (κ3) is 3.60. The molecule has 0 spiro atoms. The van der Waals surface area contributed by atoms with Gasteiger partial charge in [-0.2, -0.15) is 0 Å². The van der Waals surface area contributed by atoms with Crippen LogP contribution in [0.5, 0.6) is 0 Å². The van der Waals surface area contributed by atoms with Gasteiger partial charge in [-0.15, -0.1) is 0 Å². The molecule has 1 aromatic heterocycles. The van der Waals surface area contributed by atoms with Crippen molar-refractivity contribution in [1.29, 1.82) is 0 Å². The summed E-state index contributed by atoms with van der Waals surface area (Å²) in [5.74, 6) is -0.598. The van der Waals surface area contributed by atoms with Crippen LogP contribution in [0.1, 0.15) is 52.7 Å². The molecular formula is C23H23ClN2O2. The molecule has 0 aliphatic carbocycles. The Morgan fingerprint density at radius 1 is 1.18 bits per heavy atom. The van der Waals surface area contributed by atoms with E-state index in [2.05, 4.69) is 0 Å². The van der Waals surface area contributed by atoms with Gasteiger partial charge in [-0.1, -0.05) is 55.8 Å². The molecule has 3 aromatic rings. The van der Waals surface area contributed by atoms with Crippen molar-refractivity contribution in [3.05, 3.63) is 75.9 Å². The van der Waals surface area contributed by atoms with Gasteiger partial charge >= 0.3 is 0 Å². The van der Waals surface area contributed by atoms with Gasteiger partial charge in [-0.25, -0.2) is 0 Å². The predicted molar refractivity (Wildman–Crippen MR) is 115 cm³/mol. The molecule has 0 bridgehead atoms. The third-order valence-corrected chi connectivity index (χ3v) is 5.14. The lowest BCUT2D eigenvalue weighted by atomic mass is 9.97. The van der Waals surface area contributed by atoms with Crippen LogP contribution in [0.3, 0.4) is 0 Å². The molecule has 2 N–H and O–H groups in total. The first kappa shape index (κ1) is 19.9. The fraction of sp³-hybridized carbons (Fsp3) is 0.217. The van der Waals surface area contributed by atoms with Crippen molar-refractivity contribution < 1.29 is 9.59 Å². The van der Waals surface area contributed by atoms with Gasteiger partial charge in [-0.3, -0.25) is 9.59 Å². The van der Waals surface area contributed by atoms with E-state index in [0.29, 0.717) is 22.7 Å². The largest absolute Gasteiger partial charge is 0.366 e. The van der Waals surface area contributed by atoms with Crippen molar-refractivity contribution in [3.63, 3.8) is 0 Å². The number of ketones is 1. The zero-order valence-corrected chi connectivity index (χ0v) is 17.0. The molecule has 5 heteroatoms. The Morgan fingerprint density at radius 3 is 2.50 bits per heavy atom. The molecule has 0 aliphatic heterocycles. The van der Waals surface area contributed by atoms with Crippen LogP contribution in [0.15, 0.2) is 48.5 Å². The fourth-order valence-electron chi connectivity index (χ4n) is 3.37. The number of nitrogens with zero attached hydrogens (tertiary/aromatic N) is 1. The average molecular weight is 395 g/mol. The van der Waals surface area contributed by atoms with Crippen molar-refractivity contribution >= 4 is 40.3 Å². The predicted octanol–water partition coefficient (Wildman–Crippen LogP) is 5.31. The Labute approximate surface area is 169 Å². The Hall–Kier alpha value is -2.85. The molecule has 0 atom stereocenters. The molecule has 0 saturated carbocycles. The van der Waals surface area contributed by atoms with Gasteiger partial charge in [0.1, 0.15) is 0 Å². The average Bonchev–Trinajstić information content (AvgIpc) is 2.95. The highest BCUT2D eigenvalue weighted by Gasteiger charge is 2.24. The molecule has 3 rings (SSSR count). The Kier molecular flexibility index (Phi) is 5.71. The van der Waals surface area contributed by atoms with Gasteiger partial charge < -0.3 is 10.3 Å². The Bertz CT molecular complexity index is 1090. The van der Waals surface area contributed by atoms with Gasteiger partial charge in [0.25, 0.3) is 0 Å². The van der Waals surface area contributed by atoms with Crippen molar-refractivity contribution in [2.24, 2.45) is 11.7 Å². The second kappa shape index (κ2) is 8.03. The number of primary amides is 1. The number of carbonyl (C=O) groups excluding carboxylic acids is 2. The molecule has 2 aromatic carbocycles. The van der Waals surface area contributed by atoms with Crippen molar-refractivity contribution in [2.45, 2.75) is 27.3 Å². The van der Waals surface area contributed by atoms with Crippen LogP contribution in [-0.4, -0.2) is 16.3 Å². The summed E-state index contributed by atoms with van der Waals surface area (Å²) in [6.07, 6.45) is 3.83. The number of hydrogen-bond acceptors (Lipinski definition) is 2. The first-order chi connectivity index (χ1) is 13.3. The van der Waals surface area contributed by atoms with Gasteiger partial charge in [0.05, 0.1) is 16.8 Å². The lowest BCUT2D eigenvalue weighted by Gasteiger charge is -2.12. The second-order valence-electron chi connectivity index (χ2n) is 7.05. The SMILES string of the molecule is CC=Cc1c(C(=O)C(C)C)c2ccc(C(N)=O)cc2n1Cc1ccccc1Cl. The number of amides is 1. The topological polar surface area (TPSA) is 65.1 Å². The summed E-state index contributed by atoms with van der Waals surface area (Å²) in [4.78, 5) is 24.8. The number of nitrogens with two attached hydrogens (primary N) is 1. The van der Waals surface area contributed by atoms with E-state index in [1.165, 1.54) is 0 Å². The maximum atomic E-state index is 13.0. The number of allylic oxidation sites excluding steroid dienone is 1. The standard InChI is InChI=1S/C23H23ClN2O2/c1-4-7-19-21(22(27)14(2)3)17-11-10-15(23(25)28)12-20(17)26(19)13-16-8-5-6-9-18(16)24/h4-12,14H,13H2,1-3H3,(H2,25,28). The zero-order chi connectivity index (χ0) is 20.4. The van der Waals surface area contributed by atoms with Crippen molar-refractivity contribution in [2.75, 3.05) is 0 Å². The van der Waals surface area contributed by atoms with E-state index >= 15 is 0 Å². The third-order valence-electron chi connectivity index (χ3n) is 4.77. The van der Waals surface area contributed by atoms with E-state index in [0.717, 1.165) is 22.2 Å². The summed E-state index contributed by atoms with van der Waals surface area (Å²) < 4.78 is 2.03. The summed E-state index contributed by atoms with van der Waals surface area (Å²) in [5.41, 5.74) is 9.07. The van der Waals surface area contributed by atoms with Gasteiger partial charge in [0.15, 0.2) is 5.78 Å². The molecule has 144 valence electrons. The summed E-state index contributed by atoms with van der Waals surface area (Å²) in [6, 6.07) is 12.8. The first-order valence-corrected chi connectivity index (χ1v) is 9.59. The van der Waals surface area contributed by atoms with Crippen LogP contribution in [0.4, 0.5) is 0 Å². The van der Waals surface area contributed by atoms with E-state index in [9.17, 15) is 9.59 Å². The van der Waals surface area contributed by atoms with Crippen LogP contribution in [0.2, 0.25) is 5.02 Å². The Balaban J connectivity index is 2.36. The van der Waals surface area contributed by atoms with Crippen LogP contribution in [0, 0.1) is 5.92 Å². The molecule has 1 amide bonds. The van der Waals surface area contributed by atoms with E-state index in [1.54, 1.807) is 18.2 Å². The Morgan fingerprint density at radius 2 is 1.89 bits per heavy atom. The fourth-order valence-corrected chi connectivity index (χ4v) is 3.56. The minimum atomic E-state index is -0.503. The number of benzene rings is 2. The van der Waals surface area contributed by atoms with Gasteiger partial charge in [-0.05, 0) is 36.8 Å². The van der Waals surface area contributed by atoms with Crippen LogP contribution in [-0.2, 0) is 6.54 Å². The van der Waals surface area contributed by atoms with Crippen molar-refractivity contribution in [1.82, 2.24) is 4.57 Å².